The fraction of sp³-hybridized carbons (Fsp3) is 0. The number of para-hydroxylation sites is 2. The third kappa shape index (κ3) is 4.90. The Labute approximate surface area is 310 Å². The first-order chi connectivity index (χ1) is 26.7. The number of hydrogen-bond acceptors (Lipinski definition) is 4. The van der Waals surface area contributed by atoms with Gasteiger partial charge in [-0.2, -0.15) is 0 Å². The monoisotopic (exact) mass is 690 g/mol. The molecule has 8 aromatic carbocycles. The predicted molar refractivity (Wildman–Crippen MR) is 221 cm³/mol. The molecule has 0 saturated carbocycles. The molecular formula is C49H30N4O. The van der Waals surface area contributed by atoms with Crippen LogP contribution in [0.5, 0.6) is 0 Å². The van der Waals surface area contributed by atoms with Gasteiger partial charge in [0.15, 0.2) is 23.1 Å². The summed E-state index contributed by atoms with van der Waals surface area (Å²) in [5, 5.41) is 6.79. The Bertz CT molecular complexity index is 3160. The molecule has 0 bridgehead atoms. The Hall–Kier alpha value is -7.37. The lowest BCUT2D eigenvalue weighted by molar-refractivity contribution is 0.666. The quantitative estimate of drug-likeness (QED) is 0.180. The summed E-state index contributed by atoms with van der Waals surface area (Å²) in [6.07, 6.45) is 0. The zero-order chi connectivity index (χ0) is 35.6. The summed E-state index contributed by atoms with van der Waals surface area (Å²) in [5.41, 5.74) is 9.83. The highest BCUT2D eigenvalue weighted by atomic mass is 16.3. The van der Waals surface area contributed by atoms with Crippen LogP contribution in [0, 0.1) is 0 Å². The highest BCUT2D eigenvalue weighted by Gasteiger charge is 2.21. The minimum atomic E-state index is 0.585. The van der Waals surface area contributed by atoms with Gasteiger partial charge in [0.25, 0.3) is 0 Å². The Balaban J connectivity index is 1.14. The SMILES string of the molecule is c1ccc(-c2cc(-n3c4ccccc4c4ccccc43)c3oc4cc(-c5nc(-c6ccccc6)nc(-c6ccc7ccccc7c6)n5)ccc4c3c2)cc1. The predicted octanol–water partition coefficient (Wildman–Crippen LogP) is 12.7. The second-order valence-electron chi connectivity index (χ2n) is 13.7. The van der Waals surface area contributed by atoms with Crippen molar-refractivity contribution in [2.24, 2.45) is 0 Å². The first-order valence-corrected chi connectivity index (χ1v) is 18.1. The smallest absolute Gasteiger partial charge is 0.164 e. The van der Waals surface area contributed by atoms with Gasteiger partial charge in [0.1, 0.15) is 5.58 Å². The van der Waals surface area contributed by atoms with Crippen molar-refractivity contribution in [3.8, 4) is 51.0 Å². The average Bonchev–Trinajstić information content (AvgIpc) is 3.79. The minimum Gasteiger partial charge on any atom is -0.454 e. The number of benzene rings is 8. The normalized spacial score (nSPS) is 11.7. The highest BCUT2D eigenvalue weighted by molar-refractivity contribution is 6.14. The number of nitrogens with zero attached hydrogens (tertiary/aromatic N) is 4. The Morgan fingerprint density at radius 1 is 0.352 bits per heavy atom. The molecule has 11 rings (SSSR count). The molecule has 3 heterocycles. The summed E-state index contributed by atoms with van der Waals surface area (Å²) < 4.78 is 9.29. The molecule has 11 aromatic rings. The van der Waals surface area contributed by atoms with Crippen molar-refractivity contribution in [3.05, 3.63) is 182 Å². The second kappa shape index (κ2) is 12.1. The van der Waals surface area contributed by atoms with Gasteiger partial charge in [-0.15, -0.1) is 0 Å². The average molecular weight is 691 g/mol. The molecule has 0 fully saturated rings. The van der Waals surface area contributed by atoms with Gasteiger partial charge in [-0.1, -0.05) is 140 Å². The van der Waals surface area contributed by atoms with Crippen molar-refractivity contribution in [2.45, 2.75) is 0 Å². The fourth-order valence-corrected chi connectivity index (χ4v) is 7.82. The maximum absolute atomic E-state index is 6.94. The molecule has 0 saturated heterocycles. The molecule has 0 aliphatic rings. The van der Waals surface area contributed by atoms with Crippen molar-refractivity contribution in [2.75, 3.05) is 0 Å². The molecule has 5 nitrogen and oxygen atoms in total. The van der Waals surface area contributed by atoms with Gasteiger partial charge in [-0.3, -0.25) is 0 Å². The molecule has 5 heteroatoms. The zero-order valence-corrected chi connectivity index (χ0v) is 29.0. The van der Waals surface area contributed by atoms with E-state index in [-0.39, 0.29) is 0 Å². The van der Waals surface area contributed by atoms with Crippen LogP contribution < -0.4 is 0 Å². The third-order valence-electron chi connectivity index (χ3n) is 10.4. The number of furan rings is 1. The molecule has 3 aromatic heterocycles. The first kappa shape index (κ1) is 30.3. The van der Waals surface area contributed by atoms with Crippen molar-refractivity contribution < 1.29 is 4.42 Å². The number of hydrogen-bond donors (Lipinski definition) is 0. The first-order valence-electron chi connectivity index (χ1n) is 18.1. The number of rotatable bonds is 5. The van der Waals surface area contributed by atoms with Crippen LogP contribution in [0.15, 0.2) is 186 Å². The maximum Gasteiger partial charge on any atom is 0.164 e. The van der Waals surface area contributed by atoms with Crippen molar-refractivity contribution >= 4 is 54.5 Å². The van der Waals surface area contributed by atoms with E-state index in [1.54, 1.807) is 0 Å². The Morgan fingerprint density at radius 2 is 0.907 bits per heavy atom. The molecule has 0 atom stereocenters. The van der Waals surface area contributed by atoms with Crippen LogP contribution >= 0.6 is 0 Å². The molecule has 252 valence electrons. The van der Waals surface area contributed by atoms with E-state index in [4.69, 9.17) is 19.4 Å². The topological polar surface area (TPSA) is 56.7 Å². The molecule has 0 aliphatic carbocycles. The van der Waals surface area contributed by atoms with Crippen LogP contribution in [0.4, 0.5) is 0 Å². The maximum atomic E-state index is 6.94. The van der Waals surface area contributed by atoms with E-state index in [9.17, 15) is 0 Å². The lowest BCUT2D eigenvalue weighted by Gasteiger charge is -2.11. The van der Waals surface area contributed by atoms with E-state index in [1.165, 1.54) is 16.2 Å². The largest absolute Gasteiger partial charge is 0.454 e. The van der Waals surface area contributed by atoms with Crippen LogP contribution in [0.2, 0.25) is 0 Å². The van der Waals surface area contributed by atoms with Gasteiger partial charge in [0.2, 0.25) is 0 Å². The van der Waals surface area contributed by atoms with Crippen LogP contribution in [-0.2, 0) is 0 Å². The zero-order valence-electron chi connectivity index (χ0n) is 29.0. The van der Waals surface area contributed by atoms with Crippen molar-refractivity contribution in [3.63, 3.8) is 0 Å². The Morgan fingerprint density at radius 3 is 1.61 bits per heavy atom. The van der Waals surface area contributed by atoms with E-state index in [0.29, 0.717) is 17.5 Å². The lowest BCUT2D eigenvalue weighted by Crippen LogP contribution is -2.00. The standard InChI is InChI=1S/C49H30N4O/c1-3-13-31(14-4-1)37-28-41-40-26-25-36(30-45(40)54-46(41)44(29-37)53-42-21-11-9-19-38(42)39-20-10-12-22-43(39)53)49-51-47(33-16-5-2-6-17-33)50-48(52-49)35-24-23-32-15-7-8-18-34(32)27-35/h1-30H. The van der Waals surface area contributed by atoms with Gasteiger partial charge >= 0.3 is 0 Å². The summed E-state index contributed by atoms with van der Waals surface area (Å²) in [7, 11) is 0. The molecule has 0 spiro atoms. The van der Waals surface area contributed by atoms with Crippen LogP contribution in [0.1, 0.15) is 0 Å². The summed E-state index contributed by atoms with van der Waals surface area (Å²) in [5.74, 6) is 1.83. The summed E-state index contributed by atoms with van der Waals surface area (Å²) in [6.45, 7) is 0. The summed E-state index contributed by atoms with van der Waals surface area (Å²) >= 11 is 0. The van der Waals surface area contributed by atoms with Gasteiger partial charge in [0.05, 0.1) is 16.7 Å². The van der Waals surface area contributed by atoms with Gasteiger partial charge in [-0.25, -0.2) is 15.0 Å². The van der Waals surface area contributed by atoms with Gasteiger partial charge < -0.3 is 8.98 Å². The van der Waals surface area contributed by atoms with Gasteiger partial charge in [-0.05, 0) is 64.4 Å². The molecular weight excluding hydrogens is 661 g/mol. The Kier molecular flexibility index (Phi) is 6.79. The van der Waals surface area contributed by atoms with E-state index >= 15 is 0 Å². The molecule has 0 N–H and O–H groups in total. The van der Waals surface area contributed by atoms with E-state index in [0.717, 1.165) is 71.9 Å². The molecule has 0 unspecified atom stereocenters. The summed E-state index contributed by atoms with van der Waals surface area (Å²) in [6, 6.07) is 63.3. The van der Waals surface area contributed by atoms with E-state index < -0.39 is 0 Å². The second-order valence-corrected chi connectivity index (χ2v) is 13.7. The van der Waals surface area contributed by atoms with E-state index in [2.05, 4.69) is 156 Å². The fourth-order valence-electron chi connectivity index (χ4n) is 7.82. The summed E-state index contributed by atoms with van der Waals surface area (Å²) in [4.78, 5) is 15.1. The van der Waals surface area contributed by atoms with Crippen LogP contribution in [0.25, 0.3) is 105 Å². The van der Waals surface area contributed by atoms with Crippen LogP contribution in [-0.4, -0.2) is 19.5 Å². The molecule has 0 radical (unpaired) electrons. The number of aromatic nitrogens is 4. The van der Waals surface area contributed by atoms with Crippen molar-refractivity contribution in [1.82, 2.24) is 19.5 Å². The molecule has 0 aliphatic heterocycles. The molecule has 54 heavy (non-hydrogen) atoms. The minimum absolute atomic E-state index is 0.585. The third-order valence-corrected chi connectivity index (χ3v) is 10.4. The van der Waals surface area contributed by atoms with E-state index in [1.807, 2.05) is 30.3 Å². The van der Waals surface area contributed by atoms with Crippen LogP contribution in [0.3, 0.4) is 0 Å². The van der Waals surface area contributed by atoms with Gasteiger partial charge in [0, 0.05) is 38.2 Å². The highest BCUT2D eigenvalue weighted by Crippen LogP contribution is 2.41. The van der Waals surface area contributed by atoms with Crippen molar-refractivity contribution in [1.29, 1.82) is 0 Å². The number of fused-ring (bicyclic) bond motifs is 7. The molecule has 0 amide bonds. The lowest BCUT2D eigenvalue weighted by atomic mass is 10.0.